The first kappa shape index (κ1) is 12.6. The van der Waals surface area contributed by atoms with Crippen molar-refractivity contribution in [1.29, 1.82) is 0 Å². The van der Waals surface area contributed by atoms with Crippen molar-refractivity contribution in [2.45, 2.75) is 20.3 Å². The number of rotatable bonds is 3. The summed E-state index contributed by atoms with van der Waals surface area (Å²) in [7, 11) is 0. The van der Waals surface area contributed by atoms with Crippen LogP contribution in [0.3, 0.4) is 0 Å². The van der Waals surface area contributed by atoms with E-state index in [0.29, 0.717) is 22.1 Å². The number of halogens is 1. The molecule has 0 aliphatic rings. The molecule has 5 nitrogen and oxygen atoms in total. The fraction of sp³-hybridized carbons (Fsp3) is 0.250. The summed E-state index contributed by atoms with van der Waals surface area (Å²) in [5.41, 5.74) is 2.77. The molecule has 6 heteroatoms. The zero-order valence-electron chi connectivity index (χ0n) is 10.0. The summed E-state index contributed by atoms with van der Waals surface area (Å²) >= 11 is 6.21. The number of hydrogen-bond acceptors (Lipinski definition) is 3. The standard InChI is InChI=1S/C12H12ClN3O2/c1-7-4-3-5-10(12(7)13)16-8(2)9(14-15-16)6-11(17)18/h3-5H,6H2,1-2H3,(H,17,18). The fourth-order valence-corrected chi connectivity index (χ4v) is 1.90. The van der Waals surface area contributed by atoms with E-state index in [-0.39, 0.29) is 6.42 Å². The molecule has 0 amide bonds. The number of aliphatic carboxylic acids is 1. The number of carboxylic acids is 1. The summed E-state index contributed by atoms with van der Waals surface area (Å²) < 4.78 is 1.56. The van der Waals surface area contributed by atoms with Gasteiger partial charge in [0.2, 0.25) is 0 Å². The Labute approximate surface area is 109 Å². The van der Waals surface area contributed by atoms with Gasteiger partial charge in [-0.25, -0.2) is 4.68 Å². The Morgan fingerprint density at radius 1 is 1.44 bits per heavy atom. The molecule has 0 unspecified atom stereocenters. The highest BCUT2D eigenvalue weighted by molar-refractivity contribution is 6.33. The Kier molecular flexibility index (Phi) is 3.34. The van der Waals surface area contributed by atoms with Gasteiger partial charge in [-0.05, 0) is 25.5 Å². The molecule has 0 atom stereocenters. The summed E-state index contributed by atoms with van der Waals surface area (Å²) in [6, 6.07) is 5.59. The summed E-state index contributed by atoms with van der Waals surface area (Å²) in [6.07, 6.45) is -0.144. The van der Waals surface area contributed by atoms with Gasteiger partial charge in [0.15, 0.2) is 0 Å². The molecule has 0 fully saturated rings. The first-order valence-corrected chi connectivity index (χ1v) is 5.77. The van der Waals surface area contributed by atoms with E-state index in [1.165, 1.54) is 0 Å². The SMILES string of the molecule is Cc1cccc(-n2nnc(CC(=O)O)c2C)c1Cl. The summed E-state index contributed by atoms with van der Waals surface area (Å²) in [5, 5.41) is 17.2. The minimum absolute atomic E-state index is 0.144. The molecule has 2 aromatic rings. The highest BCUT2D eigenvalue weighted by Crippen LogP contribution is 2.24. The van der Waals surface area contributed by atoms with E-state index < -0.39 is 5.97 Å². The van der Waals surface area contributed by atoms with Crippen LogP contribution in [0, 0.1) is 13.8 Å². The van der Waals surface area contributed by atoms with Crippen LogP contribution in [0.15, 0.2) is 18.2 Å². The zero-order valence-corrected chi connectivity index (χ0v) is 10.8. The van der Waals surface area contributed by atoms with Crippen LogP contribution in [0.25, 0.3) is 5.69 Å². The molecule has 0 saturated carbocycles. The topological polar surface area (TPSA) is 68.0 Å². The van der Waals surface area contributed by atoms with Gasteiger partial charge in [0.05, 0.1) is 28.5 Å². The van der Waals surface area contributed by atoms with E-state index in [0.717, 1.165) is 5.56 Å². The van der Waals surface area contributed by atoms with Crippen molar-refractivity contribution in [2.24, 2.45) is 0 Å². The third kappa shape index (κ3) is 2.22. The van der Waals surface area contributed by atoms with Gasteiger partial charge in [-0.2, -0.15) is 0 Å². The molecule has 1 N–H and O–H groups in total. The summed E-state index contributed by atoms with van der Waals surface area (Å²) in [4.78, 5) is 10.7. The molecule has 2 rings (SSSR count). The van der Waals surface area contributed by atoms with Crippen LogP contribution in [0.1, 0.15) is 17.0 Å². The minimum atomic E-state index is -0.930. The maximum atomic E-state index is 10.7. The number of benzene rings is 1. The van der Waals surface area contributed by atoms with Gasteiger partial charge in [0, 0.05) is 0 Å². The molecule has 0 bridgehead atoms. The van der Waals surface area contributed by atoms with Crippen LogP contribution < -0.4 is 0 Å². The van der Waals surface area contributed by atoms with Crippen LogP contribution in [0.2, 0.25) is 5.02 Å². The lowest BCUT2D eigenvalue weighted by Gasteiger charge is -2.07. The van der Waals surface area contributed by atoms with Gasteiger partial charge in [-0.15, -0.1) is 5.10 Å². The molecule has 0 saturated heterocycles. The van der Waals surface area contributed by atoms with Crippen LogP contribution in [-0.2, 0) is 11.2 Å². The van der Waals surface area contributed by atoms with Gasteiger partial charge in [-0.3, -0.25) is 4.79 Å². The third-order valence-electron chi connectivity index (χ3n) is 2.71. The van der Waals surface area contributed by atoms with Crippen molar-refractivity contribution in [1.82, 2.24) is 15.0 Å². The number of carbonyl (C=O) groups is 1. The highest BCUT2D eigenvalue weighted by atomic mass is 35.5. The second-order valence-electron chi connectivity index (χ2n) is 4.01. The van der Waals surface area contributed by atoms with Gasteiger partial charge in [0.25, 0.3) is 0 Å². The molecule has 1 heterocycles. The van der Waals surface area contributed by atoms with Crippen molar-refractivity contribution in [3.63, 3.8) is 0 Å². The normalized spacial score (nSPS) is 10.6. The molecule has 0 spiro atoms. The molecular weight excluding hydrogens is 254 g/mol. The monoisotopic (exact) mass is 265 g/mol. The lowest BCUT2D eigenvalue weighted by molar-refractivity contribution is -0.136. The molecule has 0 radical (unpaired) electrons. The van der Waals surface area contributed by atoms with E-state index in [9.17, 15) is 4.79 Å². The number of nitrogens with zero attached hydrogens (tertiary/aromatic N) is 3. The second kappa shape index (κ2) is 4.78. The largest absolute Gasteiger partial charge is 0.481 e. The lowest BCUT2D eigenvalue weighted by atomic mass is 10.2. The predicted molar refractivity (Wildman–Crippen MR) is 67.2 cm³/mol. The molecule has 1 aromatic carbocycles. The zero-order chi connectivity index (χ0) is 13.3. The first-order valence-electron chi connectivity index (χ1n) is 5.39. The van der Waals surface area contributed by atoms with Crippen LogP contribution in [0.5, 0.6) is 0 Å². The van der Waals surface area contributed by atoms with E-state index in [4.69, 9.17) is 16.7 Å². The number of carboxylic acid groups (broad SMARTS) is 1. The highest BCUT2D eigenvalue weighted by Gasteiger charge is 2.15. The maximum absolute atomic E-state index is 10.7. The molecule has 0 aliphatic heterocycles. The fourth-order valence-electron chi connectivity index (χ4n) is 1.69. The quantitative estimate of drug-likeness (QED) is 0.923. The average Bonchev–Trinajstić information content (AvgIpc) is 2.64. The van der Waals surface area contributed by atoms with Crippen LogP contribution >= 0.6 is 11.6 Å². The van der Waals surface area contributed by atoms with Gasteiger partial charge in [-0.1, -0.05) is 28.9 Å². The maximum Gasteiger partial charge on any atom is 0.309 e. The smallest absolute Gasteiger partial charge is 0.309 e. The van der Waals surface area contributed by atoms with Gasteiger partial charge < -0.3 is 5.11 Å². The van der Waals surface area contributed by atoms with Crippen LogP contribution in [0.4, 0.5) is 0 Å². The molecule has 94 valence electrons. The van der Waals surface area contributed by atoms with Crippen molar-refractivity contribution >= 4 is 17.6 Å². The average molecular weight is 266 g/mol. The Morgan fingerprint density at radius 2 is 2.17 bits per heavy atom. The van der Waals surface area contributed by atoms with Crippen molar-refractivity contribution in [2.75, 3.05) is 0 Å². The molecule has 18 heavy (non-hydrogen) atoms. The number of aryl methyl sites for hydroxylation is 1. The van der Waals surface area contributed by atoms with Crippen molar-refractivity contribution in [3.8, 4) is 5.69 Å². The van der Waals surface area contributed by atoms with Crippen molar-refractivity contribution < 1.29 is 9.90 Å². The Morgan fingerprint density at radius 3 is 2.83 bits per heavy atom. The second-order valence-corrected chi connectivity index (χ2v) is 4.39. The predicted octanol–water partition coefficient (Wildman–Crippen LogP) is 2.16. The van der Waals surface area contributed by atoms with E-state index in [2.05, 4.69) is 10.3 Å². The Bertz CT molecular complexity index is 607. The van der Waals surface area contributed by atoms with Crippen LogP contribution in [-0.4, -0.2) is 26.1 Å². The minimum Gasteiger partial charge on any atom is -0.481 e. The summed E-state index contributed by atoms with van der Waals surface area (Å²) in [5.74, 6) is -0.930. The lowest BCUT2D eigenvalue weighted by Crippen LogP contribution is -2.04. The summed E-state index contributed by atoms with van der Waals surface area (Å²) in [6.45, 7) is 3.67. The van der Waals surface area contributed by atoms with Gasteiger partial charge in [0.1, 0.15) is 0 Å². The first-order chi connectivity index (χ1) is 8.50. The molecular formula is C12H12ClN3O2. The van der Waals surface area contributed by atoms with E-state index in [1.54, 1.807) is 11.6 Å². The number of aromatic nitrogens is 3. The molecule has 0 aliphatic carbocycles. The van der Waals surface area contributed by atoms with E-state index >= 15 is 0 Å². The third-order valence-corrected chi connectivity index (χ3v) is 3.20. The Balaban J connectivity index is 2.49. The van der Waals surface area contributed by atoms with Gasteiger partial charge >= 0.3 is 5.97 Å². The number of hydrogen-bond donors (Lipinski definition) is 1. The van der Waals surface area contributed by atoms with E-state index in [1.807, 2.05) is 25.1 Å². The van der Waals surface area contributed by atoms with Crippen molar-refractivity contribution in [3.05, 3.63) is 40.2 Å². The Hall–Kier alpha value is -1.88. The molecule has 1 aromatic heterocycles.